The Morgan fingerprint density at radius 3 is 2.46 bits per heavy atom. The number of likely N-dealkylation sites (tertiary alicyclic amines) is 1. The number of hydrogen-bond acceptors (Lipinski definition) is 6. The molecule has 3 atom stereocenters. The molecule has 2 N–H and O–H groups in total. The van der Waals surface area contributed by atoms with Crippen molar-refractivity contribution in [3.05, 3.63) is 0 Å². The van der Waals surface area contributed by atoms with Crippen LogP contribution in [0.3, 0.4) is 0 Å². The number of nitrogens with zero attached hydrogens (tertiary/aromatic N) is 1. The van der Waals surface area contributed by atoms with Gasteiger partial charge in [0.25, 0.3) is 0 Å². The standard InChI is InChI=1S/C19H31N3O5S/c1-4-13(2)20-16(24)7-5-9-22-18(26)11-15(19(22)27)28-10-6-8-17(25)21-14(3)12-23/h12-15H,4-11H2,1-3H3,(H,20,24)(H,21,25)/t13?,14-,15?/m0/s1. The molecular formula is C19H31N3O5S. The Bertz CT molecular complexity index is 584. The normalized spacial score (nSPS) is 18.7. The molecule has 0 aromatic heterocycles. The van der Waals surface area contributed by atoms with Gasteiger partial charge in [0.1, 0.15) is 6.29 Å². The summed E-state index contributed by atoms with van der Waals surface area (Å²) in [5.74, 6) is -0.107. The Labute approximate surface area is 170 Å². The molecule has 1 rings (SSSR count). The summed E-state index contributed by atoms with van der Waals surface area (Å²) < 4.78 is 0. The van der Waals surface area contributed by atoms with Gasteiger partial charge in [-0.15, -0.1) is 11.8 Å². The van der Waals surface area contributed by atoms with Crippen LogP contribution in [0.4, 0.5) is 0 Å². The lowest BCUT2D eigenvalue weighted by Gasteiger charge is -2.15. The highest BCUT2D eigenvalue weighted by Crippen LogP contribution is 2.26. The number of aldehydes is 1. The van der Waals surface area contributed by atoms with Crippen molar-refractivity contribution >= 4 is 41.7 Å². The Balaban J connectivity index is 2.28. The van der Waals surface area contributed by atoms with Crippen molar-refractivity contribution in [2.45, 2.75) is 76.6 Å². The summed E-state index contributed by atoms with van der Waals surface area (Å²) in [4.78, 5) is 59.6. The largest absolute Gasteiger partial charge is 0.354 e. The van der Waals surface area contributed by atoms with Crippen molar-refractivity contribution in [1.82, 2.24) is 15.5 Å². The summed E-state index contributed by atoms with van der Waals surface area (Å²) >= 11 is 1.38. The van der Waals surface area contributed by atoms with E-state index in [-0.39, 0.29) is 55.5 Å². The molecule has 28 heavy (non-hydrogen) atoms. The second-order valence-corrected chi connectivity index (χ2v) is 8.33. The number of amides is 4. The molecule has 0 bridgehead atoms. The molecule has 1 aliphatic heterocycles. The van der Waals surface area contributed by atoms with Gasteiger partial charge in [-0.25, -0.2) is 0 Å². The third-order valence-electron chi connectivity index (χ3n) is 4.47. The monoisotopic (exact) mass is 413 g/mol. The molecule has 9 heteroatoms. The summed E-state index contributed by atoms with van der Waals surface area (Å²) in [6.07, 6.45) is 3.26. The van der Waals surface area contributed by atoms with Gasteiger partial charge in [-0.3, -0.25) is 24.1 Å². The predicted molar refractivity (Wildman–Crippen MR) is 108 cm³/mol. The lowest BCUT2D eigenvalue weighted by Crippen LogP contribution is -2.35. The molecule has 0 aromatic carbocycles. The first-order valence-corrected chi connectivity index (χ1v) is 10.8. The van der Waals surface area contributed by atoms with Gasteiger partial charge in [-0.05, 0) is 38.9 Å². The molecule has 1 aliphatic rings. The lowest BCUT2D eigenvalue weighted by atomic mass is 10.2. The van der Waals surface area contributed by atoms with E-state index in [1.807, 2.05) is 13.8 Å². The minimum absolute atomic E-state index is 0.0680. The topological polar surface area (TPSA) is 113 Å². The van der Waals surface area contributed by atoms with E-state index in [1.165, 1.54) is 16.7 Å². The van der Waals surface area contributed by atoms with Gasteiger partial charge in [0.15, 0.2) is 0 Å². The summed E-state index contributed by atoms with van der Waals surface area (Å²) in [6, 6.07) is -0.387. The van der Waals surface area contributed by atoms with Crippen molar-refractivity contribution in [2.24, 2.45) is 0 Å². The number of imide groups is 1. The first-order valence-electron chi connectivity index (χ1n) is 9.78. The second kappa shape index (κ2) is 12.5. The lowest BCUT2D eigenvalue weighted by molar-refractivity contribution is -0.138. The molecule has 1 saturated heterocycles. The van der Waals surface area contributed by atoms with Crippen molar-refractivity contribution in [1.29, 1.82) is 0 Å². The Hall–Kier alpha value is -1.90. The van der Waals surface area contributed by atoms with Gasteiger partial charge in [0.05, 0.1) is 11.3 Å². The Kier molecular flexibility index (Phi) is 10.8. The predicted octanol–water partition coefficient (Wildman–Crippen LogP) is 1.03. The van der Waals surface area contributed by atoms with Gasteiger partial charge in [-0.1, -0.05) is 6.92 Å². The van der Waals surface area contributed by atoms with Crippen LogP contribution in [0, 0.1) is 0 Å². The van der Waals surface area contributed by atoms with Crippen molar-refractivity contribution in [2.75, 3.05) is 12.3 Å². The summed E-state index contributed by atoms with van der Waals surface area (Å²) in [6.45, 7) is 5.78. The van der Waals surface area contributed by atoms with E-state index >= 15 is 0 Å². The minimum Gasteiger partial charge on any atom is -0.354 e. The van der Waals surface area contributed by atoms with E-state index in [4.69, 9.17) is 0 Å². The summed E-state index contributed by atoms with van der Waals surface area (Å²) in [7, 11) is 0. The van der Waals surface area contributed by atoms with E-state index in [2.05, 4.69) is 10.6 Å². The van der Waals surface area contributed by atoms with Crippen molar-refractivity contribution < 1.29 is 24.0 Å². The molecule has 8 nitrogen and oxygen atoms in total. The summed E-state index contributed by atoms with van der Waals surface area (Å²) in [5.41, 5.74) is 0. The maximum absolute atomic E-state index is 12.4. The van der Waals surface area contributed by atoms with Gasteiger partial charge in [0, 0.05) is 31.8 Å². The van der Waals surface area contributed by atoms with Crippen LogP contribution in [-0.4, -0.2) is 64.4 Å². The maximum Gasteiger partial charge on any atom is 0.242 e. The maximum atomic E-state index is 12.4. The zero-order chi connectivity index (χ0) is 21.1. The third-order valence-corrected chi connectivity index (χ3v) is 5.76. The van der Waals surface area contributed by atoms with Gasteiger partial charge < -0.3 is 15.4 Å². The fourth-order valence-electron chi connectivity index (χ4n) is 2.68. The Morgan fingerprint density at radius 2 is 1.82 bits per heavy atom. The molecule has 1 fully saturated rings. The highest BCUT2D eigenvalue weighted by molar-refractivity contribution is 8.00. The zero-order valence-electron chi connectivity index (χ0n) is 16.9. The number of carbonyl (C=O) groups is 5. The van der Waals surface area contributed by atoms with Crippen molar-refractivity contribution in [3.8, 4) is 0 Å². The molecule has 0 saturated carbocycles. The molecule has 2 unspecified atom stereocenters. The van der Waals surface area contributed by atoms with E-state index in [1.54, 1.807) is 6.92 Å². The van der Waals surface area contributed by atoms with Crippen LogP contribution >= 0.6 is 11.8 Å². The fourth-order valence-corrected chi connectivity index (χ4v) is 3.81. The van der Waals surface area contributed by atoms with Gasteiger partial charge >= 0.3 is 0 Å². The zero-order valence-corrected chi connectivity index (χ0v) is 17.7. The van der Waals surface area contributed by atoms with Gasteiger partial charge in [0.2, 0.25) is 23.6 Å². The first kappa shape index (κ1) is 24.1. The SMILES string of the molecule is CCC(C)NC(=O)CCCN1C(=O)CC(SCCCC(=O)N[C@@H](C)C=O)C1=O. The molecule has 0 aliphatic carbocycles. The number of thioether (sulfide) groups is 1. The van der Waals surface area contributed by atoms with Crippen LogP contribution < -0.4 is 10.6 Å². The van der Waals surface area contributed by atoms with E-state index in [0.717, 1.165) is 6.42 Å². The van der Waals surface area contributed by atoms with Crippen LogP contribution in [0.1, 0.15) is 59.3 Å². The fraction of sp³-hybridized carbons (Fsp3) is 0.737. The van der Waals surface area contributed by atoms with Crippen LogP contribution in [0.2, 0.25) is 0 Å². The highest BCUT2D eigenvalue weighted by Gasteiger charge is 2.38. The number of carbonyl (C=O) groups excluding carboxylic acids is 5. The highest BCUT2D eigenvalue weighted by atomic mass is 32.2. The smallest absolute Gasteiger partial charge is 0.242 e. The average Bonchev–Trinajstić information content (AvgIpc) is 2.92. The average molecular weight is 414 g/mol. The minimum atomic E-state index is -0.505. The van der Waals surface area contributed by atoms with E-state index in [9.17, 15) is 24.0 Å². The van der Waals surface area contributed by atoms with Crippen LogP contribution in [0.15, 0.2) is 0 Å². The van der Waals surface area contributed by atoms with E-state index in [0.29, 0.717) is 24.9 Å². The molecule has 0 radical (unpaired) electrons. The number of nitrogens with one attached hydrogen (secondary N) is 2. The number of rotatable bonds is 13. The molecule has 0 aromatic rings. The van der Waals surface area contributed by atoms with Crippen LogP contribution in [0.25, 0.3) is 0 Å². The molecule has 1 heterocycles. The third kappa shape index (κ3) is 8.41. The quantitative estimate of drug-likeness (QED) is 0.265. The summed E-state index contributed by atoms with van der Waals surface area (Å²) in [5, 5.41) is 4.99. The van der Waals surface area contributed by atoms with Crippen molar-refractivity contribution in [3.63, 3.8) is 0 Å². The second-order valence-electron chi connectivity index (χ2n) is 7.02. The van der Waals surface area contributed by atoms with Crippen LogP contribution in [-0.2, 0) is 24.0 Å². The van der Waals surface area contributed by atoms with E-state index < -0.39 is 11.3 Å². The Morgan fingerprint density at radius 1 is 1.18 bits per heavy atom. The molecule has 0 spiro atoms. The molecule has 4 amide bonds. The number of hydrogen-bond donors (Lipinski definition) is 2. The van der Waals surface area contributed by atoms with Crippen LogP contribution in [0.5, 0.6) is 0 Å². The first-order chi connectivity index (χ1) is 13.3. The molecule has 158 valence electrons. The molecular weight excluding hydrogens is 382 g/mol. The van der Waals surface area contributed by atoms with Gasteiger partial charge in [-0.2, -0.15) is 0 Å².